The zero-order valence-corrected chi connectivity index (χ0v) is 23.8. The first kappa shape index (κ1) is 30.0. The summed E-state index contributed by atoms with van der Waals surface area (Å²) in [5.41, 5.74) is 7.46. The summed E-state index contributed by atoms with van der Waals surface area (Å²) < 4.78 is 45.8. The highest BCUT2D eigenvalue weighted by molar-refractivity contribution is 8.16. The van der Waals surface area contributed by atoms with E-state index in [0.717, 1.165) is 41.1 Å². The Morgan fingerprint density at radius 1 is 1.05 bits per heavy atom. The van der Waals surface area contributed by atoms with Gasteiger partial charge < -0.3 is 21.1 Å². The molecule has 41 heavy (non-hydrogen) atoms. The van der Waals surface area contributed by atoms with Crippen LogP contribution in [0.25, 0.3) is 0 Å². The van der Waals surface area contributed by atoms with Gasteiger partial charge in [0.25, 0.3) is 5.91 Å². The summed E-state index contributed by atoms with van der Waals surface area (Å²) in [4.78, 5) is 31.3. The van der Waals surface area contributed by atoms with Crippen LogP contribution in [0.15, 0.2) is 76.9 Å². The fourth-order valence-corrected chi connectivity index (χ4v) is 5.39. The molecule has 1 heterocycles. The van der Waals surface area contributed by atoms with Gasteiger partial charge in [0, 0.05) is 11.4 Å². The fourth-order valence-electron chi connectivity index (χ4n) is 4.12. The Morgan fingerprint density at radius 3 is 2.39 bits per heavy atom. The molecule has 0 saturated carbocycles. The Morgan fingerprint density at radius 2 is 1.73 bits per heavy atom. The SMILES string of the molecule is CCOc1ccccc1NC(=O)C1SC(=Nc2cc(C(F)(F)F)ccc2Cl)C(C(=O)Nc2c(C)cccc2C)=C1N. The van der Waals surface area contributed by atoms with Crippen LogP contribution in [0.4, 0.5) is 30.2 Å². The number of ether oxygens (including phenoxy) is 1. The number of alkyl halides is 3. The van der Waals surface area contributed by atoms with Crippen LogP contribution >= 0.6 is 23.4 Å². The van der Waals surface area contributed by atoms with E-state index in [9.17, 15) is 22.8 Å². The molecular weight excluding hydrogens is 577 g/mol. The number of thioether (sulfide) groups is 1. The van der Waals surface area contributed by atoms with E-state index in [4.69, 9.17) is 22.1 Å². The van der Waals surface area contributed by atoms with Crippen molar-refractivity contribution in [3.05, 3.63) is 93.6 Å². The number of carbonyl (C=O) groups is 2. The summed E-state index contributed by atoms with van der Waals surface area (Å²) in [5, 5.41) is 4.34. The van der Waals surface area contributed by atoms with E-state index in [-0.39, 0.29) is 27.0 Å². The van der Waals surface area contributed by atoms with Crippen molar-refractivity contribution in [2.24, 2.45) is 10.7 Å². The van der Waals surface area contributed by atoms with Gasteiger partial charge in [-0.15, -0.1) is 0 Å². The zero-order chi connectivity index (χ0) is 29.9. The summed E-state index contributed by atoms with van der Waals surface area (Å²) in [7, 11) is 0. The summed E-state index contributed by atoms with van der Waals surface area (Å²) in [5.74, 6) is -0.803. The lowest BCUT2D eigenvalue weighted by Gasteiger charge is -2.14. The topological polar surface area (TPSA) is 106 Å². The molecule has 7 nitrogen and oxygen atoms in total. The van der Waals surface area contributed by atoms with Gasteiger partial charge in [-0.2, -0.15) is 13.2 Å². The normalized spacial score (nSPS) is 16.2. The largest absolute Gasteiger partial charge is 0.492 e. The number of aliphatic imine (C=N–C) groups is 1. The zero-order valence-electron chi connectivity index (χ0n) is 22.2. The van der Waals surface area contributed by atoms with E-state index >= 15 is 0 Å². The molecule has 214 valence electrons. The van der Waals surface area contributed by atoms with E-state index in [2.05, 4.69) is 15.6 Å². The van der Waals surface area contributed by atoms with Gasteiger partial charge in [-0.1, -0.05) is 53.7 Å². The summed E-state index contributed by atoms with van der Waals surface area (Å²) in [6.07, 6.45) is -4.64. The number of nitrogens with two attached hydrogens (primary N) is 1. The van der Waals surface area contributed by atoms with Crippen molar-refractivity contribution in [3.63, 3.8) is 0 Å². The molecule has 0 fully saturated rings. The molecule has 0 aliphatic carbocycles. The molecule has 1 aliphatic rings. The molecule has 1 aliphatic heterocycles. The molecule has 0 radical (unpaired) electrons. The molecule has 0 bridgehead atoms. The minimum atomic E-state index is -4.64. The number of amides is 2. The summed E-state index contributed by atoms with van der Waals surface area (Å²) in [6, 6.07) is 14.9. The highest BCUT2D eigenvalue weighted by atomic mass is 35.5. The Bertz CT molecular complexity index is 1550. The number of carbonyl (C=O) groups excluding carboxylic acids is 2. The van der Waals surface area contributed by atoms with E-state index in [0.29, 0.717) is 23.7 Å². The second kappa shape index (κ2) is 12.3. The molecule has 3 aromatic carbocycles. The molecular formula is C29H26ClF3N4O3S. The first-order valence-electron chi connectivity index (χ1n) is 12.4. The maximum atomic E-state index is 13.6. The van der Waals surface area contributed by atoms with Crippen LogP contribution in [0.2, 0.25) is 5.02 Å². The van der Waals surface area contributed by atoms with E-state index in [1.807, 2.05) is 32.0 Å². The van der Waals surface area contributed by atoms with Crippen molar-refractivity contribution in [1.29, 1.82) is 0 Å². The lowest BCUT2D eigenvalue weighted by molar-refractivity contribution is -0.137. The smallest absolute Gasteiger partial charge is 0.416 e. The van der Waals surface area contributed by atoms with Crippen molar-refractivity contribution >= 4 is 57.3 Å². The van der Waals surface area contributed by atoms with E-state index in [1.165, 1.54) is 0 Å². The van der Waals surface area contributed by atoms with Gasteiger partial charge in [-0.25, -0.2) is 4.99 Å². The predicted octanol–water partition coefficient (Wildman–Crippen LogP) is 7.01. The summed E-state index contributed by atoms with van der Waals surface area (Å²) >= 11 is 7.02. The van der Waals surface area contributed by atoms with Gasteiger partial charge in [0.05, 0.1) is 34.1 Å². The average Bonchev–Trinajstić information content (AvgIpc) is 3.24. The first-order valence-corrected chi connectivity index (χ1v) is 13.7. The highest BCUT2D eigenvalue weighted by Gasteiger charge is 2.39. The number of hydrogen-bond donors (Lipinski definition) is 3. The van der Waals surface area contributed by atoms with E-state index < -0.39 is 28.8 Å². The first-order chi connectivity index (χ1) is 19.4. The molecule has 0 aromatic heterocycles. The van der Waals surface area contributed by atoms with Crippen LogP contribution < -0.4 is 21.1 Å². The Balaban J connectivity index is 1.76. The molecule has 1 atom stereocenters. The molecule has 4 N–H and O–H groups in total. The third kappa shape index (κ3) is 6.68. The van der Waals surface area contributed by atoms with Gasteiger partial charge in [-0.05, 0) is 62.2 Å². The van der Waals surface area contributed by atoms with Gasteiger partial charge in [0.2, 0.25) is 5.91 Å². The Hall–Kier alpha value is -3.96. The quantitative estimate of drug-likeness (QED) is 0.270. The van der Waals surface area contributed by atoms with Crippen LogP contribution in [0.3, 0.4) is 0 Å². The maximum Gasteiger partial charge on any atom is 0.416 e. The van der Waals surface area contributed by atoms with Gasteiger partial charge >= 0.3 is 6.18 Å². The second-order valence-electron chi connectivity index (χ2n) is 9.05. The third-order valence-corrected chi connectivity index (χ3v) is 7.68. The van der Waals surface area contributed by atoms with Crippen molar-refractivity contribution in [1.82, 2.24) is 0 Å². The minimum absolute atomic E-state index is 0.0503. The van der Waals surface area contributed by atoms with Gasteiger partial charge in [0.1, 0.15) is 16.0 Å². The maximum absolute atomic E-state index is 13.6. The number of anilines is 2. The second-order valence-corrected chi connectivity index (χ2v) is 10.5. The number of benzene rings is 3. The molecule has 0 saturated heterocycles. The van der Waals surface area contributed by atoms with Crippen LogP contribution in [0.5, 0.6) is 5.75 Å². The molecule has 2 amide bonds. The van der Waals surface area contributed by atoms with Gasteiger partial charge in [0.15, 0.2) is 0 Å². The Kier molecular flexibility index (Phi) is 8.98. The fraction of sp³-hybridized carbons (Fsp3) is 0.207. The van der Waals surface area contributed by atoms with Crippen molar-refractivity contribution in [3.8, 4) is 5.75 Å². The van der Waals surface area contributed by atoms with Gasteiger partial charge in [-0.3, -0.25) is 9.59 Å². The van der Waals surface area contributed by atoms with Crippen LogP contribution in [-0.4, -0.2) is 28.7 Å². The van der Waals surface area contributed by atoms with Crippen molar-refractivity contribution in [2.75, 3.05) is 17.2 Å². The lowest BCUT2D eigenvalue weighted by Crippen LogP contribution is -2.29. The lowest BCUT2D eigenvalue weighted by atomic mass is 10.1. The monoisotopic (exact) mass is 602 g/mol. The van der Waals surface area contributed by atoms with Crippen LogP contribution in [0.1, 0.15) is 23.6 Å². The molecule has 1 unspecified atom stereocenters. The average molecular weight is 603 g/mol. The van der Waals surface area contributed by atoms with E-state index in [1.54, 1.807) is 31.2 Å². The molecule has 3 aromatic rings. The third-order valence-electron chi connectivity index (χ3n) is 6.14. The number of nitrogens with zero attached hydrogens (tertiary/aromatic N) is 1. The number of hydrogen-bond acceptors (Lipinski definition) is 6. The number of nitrogens with one attached hydrogen (secondary N) is 2. The standard InChI is InChI=1S/C29H26ClF3N4O3S/c1-4-40-21-11-6-5-10-19(21)35-27(39)25-23(34)22(26(38)37-24-15(2)8-7-9-16(24)3)28(41-25)36-20-14-17(29(31,32)33)12-13-18(20)30/h5-14,25H,4,34H2,1-3H3,(H,35,39)(H,37,38). The summed E-state index contributed by atoms with van der Waals surface area (Å²) in [6.45, 7) is 5.79. The van der Waals surface area contributed by atoms with Crippen LogP contribution in [0, 0.1) is 13.8 Å². The molecule has 12 heteroatoms. The predicted molar refractivity (Wildman–Crippen MR) is 157 cm³/mol. The Labute approximate surface area is 244 Å². The minimum Gasteiger partial charge on any atom is -0.492 e. The van der Waals surface area contributed by atoms with Crippen molar-refractivity contribution in [2.45, 2.75) is 32.2 Å². The molecule has 0 spiro atoms. The number of rotatable bonds is 7. The van der Waals surface area contributed by atoms with Crippen molar-refractivity contribution < 1.29 is 27.5 Å². The van der Waals surface area contributed by atoms with Crippen LogP contribution in [-0.2, 0) is 15.8 Å². The molecule has 4 rings (SSSR count). The number of para-hydroxylation sites is 3. The highest BCUT2D eigenvalue weighted by Crippen LogP contribution is 2.40. The number of aryl methyl sites for hydroxylation is 2. The number of halogens is 4.